The molecule has 1 saturated heterocycles. The van der Waals surface area contributed by atoms with Gasteiger partial charge in [0.05, 0.1) is 18.0 Å². The second-order valence-corrected chi connectivity index (χ2v) is 7.59. The Labute approximate surface area is 165 Å². The van der Waals surface area contributed by atoms with Crippen molar-refractivity contribution in [3.05, 3.63) is 23.7 Å². The summed E-state index contributed by atoms with van der Waals surface area (Å²) in [5.74, 6) is 0.0396. The van der Waals surface area contributed by atoms with E-state index >= 15 is 0 Å². The first-order valence-electron chi connectivity index (χ1n) is 9.57. The van der Waals surface area contributed by atoms with Crippen LogP contribution in [0.5, 0.6) is 0 Å². The van der Waals surface area contributed by atoms with E-state index in [9.17, 15) is 18.3 Å². The highest BCUT2D eigenvalue weighted by Gasteiger charge is 2.43. The van der Waals surface area contributed by atoms with Crippen molar-refractivity contribution >= 4 is 17.5 Å². The minimum absolute atomic E-state index is 0.0452. The quantitative estimate of drug-likeness (QED) is 0.670. The molecule has 0 spiro atoms. The van der Waals surface area contributed by atoms with Gasteiger partial charge >= 0.3 is 6.18 Å². The maximum atomic E-state index is 13.2. The lowest BCUT2D eigenvalue weighted by molar-refractivity contribution is -0.137. The third-order valence-electron chi connectivity index (χ3n) is 5.33. The lowest BCUT2D eigenvalue weighted by Crippen LogP contribution is -2.38. The molecule has 1 aliphatic carbocycles. The lowest BCUT2D eigenvalue weighted by atomic mass is 10.0. The van der Waals surface area contributed by atoms with Crippen molar-refractivity contribution in [2.24, 2.45) is 0 Å². The summed E-state index contributed by atoms with van der Waals surface area (Å²) < 4.78 is 46.5. The molecule has 4 rings (SSSR count). The largest absolute Gasteiger partial charge is 0.421 e. The van der Waals surface area contributed by atoms with Crippen molar-refractivity contribution in [1.29, 1.82) is 0 Å². The number of ether oxygens (including phenoxy) is 1. The van der Waals surface area contributed by atoms with E-state index in [1.807, 2.05) is 6.92 Å². The highest BCUT2D eigenvalue weighted by molar-refractivity contribution is 5.59. The summed E-state index contributed by atoms with van der Waals surface area (Å²) in [6.45, 7) is 4.27. The van der Waals surface area contributed by atoms with E-state index in [4.69, 9.17) is 4.74 Å². The van der Waals surface area contributed by atoms with E-state index in [1.165, 1.54) is 0 Å². The summed E-state index contributed by atoms with van der Waals surface area (Å²) in [7, 11) is 0. The summed E-state index contributed by atoms with van der Waals surface area (Å²) >= 11 is 0. The zero-order valence-corrected chi connectivity index (χ0v) is 16.1. The van der Waals surface area contributed by atoms with E-state index < -0.39 is 23.6 Å². The number of halogens is 3. The second kappa shape index (κ2) is 7.13. The number of hydrogen-bond acceptors (Lipinski definition) is 7. The Kier molecular flexibility index (Phi) is 4.89. The predicted molar refractivity (Wildman–Crippen MR) is 98.9 cm³/mol. The SMILES string of the molecule is CCNc1nc(Nc2cn([C@]3(C)CCOC3O)nc2C2CC2)ncc1C(F)(F)F. The van der Waals surface area contributed by atoms with E-state index in [0.29, 0.717) is 25.3 Å². The first kappa shape index (κ1) is 19.9. The third kappa shape index (κ3) is 3.76. The van der Waals surface area contributed by atoms with Crippen molar-refractivity contribution in [2.75, 3.05) is 23.8 Å². The molecule has 2 atom stereocenters. The van der Waals surface area contributed by atoms with Gasteiger partial charge in [-0.3, -0.25) is 4.68 Å². The molecule has 0 radical (unpaired) electrons. The molecule has 158 valence electrons. The number of aliphatic hydroxyl groups excluding tert-OH is 1. The van der Waals surface area contributed by atoms with Crippen LogP contribution in [0.25, 0.3) is 0 Å². The molecule has 8 nitrogen and oxygen atoms in total. The van der Waals surface area contributed by atoms with Crippen molar-refractivity contribution in [3.8, 4) is 0 Å². The van der Waals surface area contributed by atoms with Gasteiger partial charge in [-0.05, 0) is 26.7 Å². The Morgan fingerprint density at radius 2 is 2.14 bits per heavy atom. The van der Waals surface area contributed by atoms with E-state index in [1.54, 1.807) is 17.8 Å². The summed E-state index contributed by atoms with van der Waals surface area (Å²) in [6, 6.07) is 0. The summed E-state index contributed by atoms with van der Waals surface area (Å²) in [5, 5.41) is 20.5. The van der Waals surface area contributed by atoms with E-state index in [-0.39, 0.29) is 17.7 Å². The van der Waals surface area contributed by atoms with Crippen LogP contribution in [0.15, 0.2) is 12.4 Å². The molecule has 1 unspecified atom stereocenters. The maximum Gasteiger partial charge on any atom is 0.421 e. The van der Waals surface area contributed by atoms with Crippen molar-refractivity contribution < 1.29 is 23.0 Å². The first-order valence-corrected chi connectivity index (χ1v) is 9.57. The molecule has 0 aromatic carbocycles. The second-order valence-electron chi connectivity index (χ2n) is 7.59. The van der Waals surface area contributed by atoms with Crippen molar-refractivity contribution in [3.63, 3.8) is 0 Å². The smallest absolute Gasteiger partial charge is 0.370 e. The Bertz CT molecular complexity index is 898. The Morgan fingerprint density at radius 1 is 1.38 bits per heavy atom. The van der Waals surface area contributed by atoms with Crippen molar-refractivity contribution in [1.82, 2.24) is 19.7 Å². The topological polar surface area (TPSA) is 97.1 Å². The van der Waals surface area contributed by atoms with Gasteiger partial charge in [-0.25, -0.2) is 4.98 Å². The number of aromatic nitrogens is 4. The molecule has 0 bridgehead atoms. The third-order valence-corrected chi connectivity index (χ3v) is 5.33. The Balaban J connectivity index is 1.66. The van der Waals surface area contributed by atoms with Gasteiger partial charge in [-0.2, -0.15) is 23.3 Å². The number of hydrogen-bond donors (Lipinski definition) is 3. The van der Waals surface area contributed by atoms with Crippen LogP contribution in [0.1, 0.15) is 50.3 Å². The van der Waals surface area contributed by atoms with Crippen LogP contribution in [0.4, 0.5) is 30.6 Å². The van der Waals surface area contributed by atoms with Crippen molar-refractivity contribution in [2.45, 2.75) is 57.0 Å². The predicted octanol–water partition coefficient (Wildman–Crippen LogP) is 3.20. The van der Waals surface area contributed by atoms with Gasteiger partial charge < -0.3 is 20.5 Å². The average Bonchev–Trinajstić information content (AvgIpc) is 3.32. The minimum Gasteiger partial charge on any atom is -0.370 e. The molecule has 2 aliphatic rings. The highest BCUT2D eigenvalue weighted by Crippen LogP contribution is 2.44. The monoisotopic (exact) mass is 412 g/mol. The first-order chi connectivity index (χ1) is 13.7. The maximum absolute atomic E-state index is 13.2. The molecule has 1 aliphatic heterocycles. The molecule has 3 N–H and O–H groups in total. The average molecular weight is 412 g/mol. The van der Waals surface area contributed by atoms with E-state index in [0.717, 1.165) is 24.7 Å². The fraction of sp³-hybridized carbons (Fsp3) is 0.611. The van der Waals surface area contributed by atoms with Crippen LogP contribution in [-0.4, -0.2) is 44.3 Å². The van der Waals surface area contributed by atoms with Gasteiger partial charge in [0, 0.05) is 31.3 Å². The molecule has 2 aromatic rings. The molecule has 2 aromatic heterocycles. The molecule has 3 heterocycles. The number of nitrogens with zero attached hydrogens (tertiary/aromatic N) is 4. The number of rotatable bonds is 6. The molecular weight excluding hydrogens is 389 g/mol. The highest BCUT2D eigenvalue weighted by atomic mass is 19.4. The van der Waals surface area contributed by atoms with Gasteiger partial charge in [0.1, 0.15) is 16.9 Å². The Hall–Kier alpha value is -2.40. The summed E-state index contributed by atoms with van der Waals surface area (Å²) in [5.41, 5.74) is -0.213. The van der Waals surface area contributed by atoms with Gasteiger partial charge in [-0.1, -0.05) is 0 Å². The molecule has 1 saturated carbocycles. The minimum atomic E-state index is -4.55. The van der Waals surface area contributed by atoms with Crippen LogP contribution in [0, 0.1) is 0 Å². The zero-order chi connectivity index (χ0) is 20.8. The normalized spacial score (nSPS) is 24.7. The molecule has 11 heteroatoms. The van der Waals surface area contributed by atoms with Crippen LogP contribution in [-0.2, 0) is 16.5 Å². The number of anilines is 3. The van der Waals surface area contributed by atoms with Crippen LogP contribution < -0.4 is 10.6 Å². The molecule has 29 heavy (non-hydrogen) atoms. The lowest BCUT2D eigenvalue weighted by Gasteiger charge is -2.26. The molecular formula is C18H23F3N6O2. The number of aliphatic hydroxyl groups is 1. The van der Waals surface area contributed by atoms with Crippen LogP contribution >= 0.6 is 0 Å². The molecule has 0 amide bonds. The zero-order valence-electron chi connectivity index (χ0n) is 16.1. The summed E-state index contributed by atoms with van der Waals surface area (Å²) in [6.07, 6.45) is -0.460. The van der Waals surface area contributed by atoms with E-state index in [2.05, 4.69) is 25.7 Å². The molecule has 2 fully saturated rings. The fourth-order valence-corrected chi connectivity index (χ4v) is 3.38. The van der Waals surface area contributed by atoms with Crippen LogP contribution in [0.3, 0.4) is 0 Å². The van der Waals surface area contributed by atoms with Gasteiger partial charge in [0.2, 0.25) is 5.95 Å². The fourth-order valence-electron chi connectivity index (χ4n) is 3.38. The number of nitrogens with one attached hydrogen (secondary N) is 2. The number of alkyl halides is 3. The van der Waals surface area contributed by atoms with Gasteiger partial charge in [-0.15, -0.1) is 0 Å². The van der Waals surface area contributed by atoms with Gasteiger partial charge in [0.15, 0.2) is 6.29 Å². The van der Waals surface area contributed by atoms with Gasteiger partial charge in [0.25, 0.3) is 0 Å². The Morgan fingerprint density at radius 3 is 2.72 bits per heavy atom. The summed E-state index contributed by atoms with van der Waals surface area (Å²) in [4.78, 5) is 7.87. The standard InChI is InChI=1S/C18H23F3N6O2/c1-3-22-14-11(18(19,20)21)8-23-16(25-14)24-12-9-27(26-13(12)10-4-5-10)17(2)6-7-29-15(17)28/h8-10,15,28H,3-7H2,1-2H3,(H2,22,23,24,25)/t15?,17-/m1/s1. The van der Waals surface area contributed by atoms with Crippen LogP contribution in [0.2, 0.25) is 0 Å².